The first-order chi connectivity index (χ1) is 14.4. The summed E-state index contributed by atoms with van der Waals surface area (Å²) in [6, 6.07) is 12.9. The molecule has 0 bridgehead atoms. The molecule has 4 rings (SSSR count). The number of benzene rings is 2. The van der Waals surface area contributed by atoms with Crippen LogP contribution in [0.4, 0.5) is 14.5 Å². The SMILES string of the molecule is CC1(C)CN2CCS(=O)(=O)N=C2N(c2ccc(Oc3ccc(C(C)(F)F)cc3)cc2)C1. The third kappa shape index (κ3) is 4.81. The van der Waals surface area contributed by atoms with E-state index >= 15 is 0 Å². The van der Waals surface area contributed by atoms with Crippen LogP contribution < -0.4 is 9.64 Å². The first-order valence-electron chi connectivity index (χ1n) is 10.0. The maximum Gasteiger partial charge on any atom is 0.270 e. The number of ether oxygens (including phenoxy) is 1. The lowest BCUT2D eigenvalue weighted by Gasteiger charge is -2.47. The lowest BCUT2D eigenvalue weighted by Crippen LogP contribution is -2.60. The zero-order valence-corrected chi connectivity index (χ0v) is 18.5. The number of sulfonamides is 1. The van der Waals surface area contributed by atoms with Crippen molar-refractivity contribution in [2.75, 3.05) is 30.3 Å². The molecule has 2 aromatic carbocycles. The number of halogens is 2. The summed E-state index contributed by atoms with van der Waals surface area (Å²) < 4.78 is 60.7. The number of hydrogen-bond acceptors (Lipinski definition) is 5. The zero-order chi connectivity index (χ0) is 22.4. The van der Waals surface area contributed by atoms with Crippen molar-refractivity contribution in [3.8, 4) is 11.5 Å². The van der Waals surface area contributed by atoms with Crippen LogP contribution in [-0.4, -0.2) is 44.7 Å². The highest BCUT2D eigenvalue weighted by atomic mass is 32.2. The van der Waals surface area contributed by atoms with Crippen LogP contribution in [0.5, 0.6) is 11.5 Å². The molecule has 31 heavy (non-hydrogen) atoms. The van der Waals surface area contributed by atoms with E-state index in [0.717, 1.165) is 19.2 Å². The van der Waals surface area contributed by atoms with E-state index in [9.17, 15) is 17.2 Å². The van der Waals surface area contributed by atoms with Crippen LogP contribution in [0, 0.1) is 5.41 Å². The van der Waals surface area contributed by atoms with Gasteiger partial charge in [0.05, 0.1) is 5.75 Å². The van der Waals surface area contributed by atoms with Crippen LogP contribution in [0.2, 0.25) is 0 Å². The summed E-state index contributed by atoms with van der Waals surface area (Å²) in [4.78, 5) is 3.93. The summed E-state index contributed by atoms with van der Waals surface area (Å²) in [6.07, 6.45) is 0. The van der Waals surface area contributed by atoms with E-state index in [0.29, 0.717) is 30.5 Å². The van der Waals surface area contributed by atoms with Gasteiger partial charge in [0.1, 0.15) is 11.5 Å². The standard InChI is InChI=1S/C22H25F2N3O3S/c1-21(2)14-26-12-13-31(28,29)25-20(26)27(15-21)17-6-10-19(11-7-17)30-18-8-4-16(5-9-18)22(3,23)24/h4-11H,12-15H2,1-3H3. The highest BCUT2D eigenvalue weighted by Gasteiger charge is 2.39. The van der Waals surface area contributed by atoms with Crippen molar-refractivity contribution in [3.05, 3.63) is 54.1 Å². The van der Waals surface area contributed by atoms with Gasteiger partial charge in [0.2, 0.25) is 5.96 Å². The molecule has 1 saturated heterocycles. The van der Waals surface area contributed by atoms with Crippen molar-refractivity contribution in [2.24, 2.45) is 9.81 Å². The predicted octanol–water partition coefficient (Wildman–Crippen LogP) is 4.44. The Morgan fingerprint density at radius 3 is 2.16 bits per heavy atom. The van der Waals surface area contributed by atoms with Crippen molar-refractivity contribution in [3.63, 3.8) is 0 Å². The molecule has 0 saturated carbocycles. The van der Waals surface area contributed by atoms with E-state index in [1.807, 2.05) is 21.9 Å². The fraction of sp³-hybridized carbons (Fsp3) is 0.409. The molecule has 2 aliphatic heterocycles. The third-order valence-electron chi connectivity index (χ3n) is 5.31. The Morgan fingerprint density at radius 1 is 1.00 bits per heavy atom. The maximum atomic E-state index is 13.4. The number of fused-ring (bicyclic) bond motifs is 1. The average molecular weight is 450 g/mol. The van der Waals surface area contributed by atoms with E-state index in [2.05, 4.69) is 18.2 Å². The second-order valence-electron chi connectivity index (χ2n) is 8.86. The fourth-order valence-corrected chi connectivity index (χ4v) is 4.85. The molecule has 2 heterocycles. The molecule has 166 valence electrons. The summed E-state index contributed by atoms with van der Waals surface area (Å²) >= 11 is 0. The zero-order valence-electron chi connectivity index (χ0n) is 17.7. The van der Waals surface area contributed by atoms with Gasteiger partial charge in [-0.3, -0.25) is 0 Å². The summed E-state index contributed by atoms with van der Waals surface area (Å²) in [7, 11) is -3.47. The van der Waals surface area contributed by atoms with Gasteiger partial charge in [-0.1, -0.05) is 13.8 Å². The summed E-state index contributed by atoms with van der Waals surface area (Å²) in [6.45, 7) is 6.93. The fourth-order valence-electron chi connectivity index (χ4n) is 3.84. The molecular weight excluding hydrogens is 424 g/mol. The number of rotatable bonds is 4. The van der Waals surface area contributed by atoms with Gasteiger partial charge in [0, 0.05) is 43.2 Å². The number of hydrogen-bond donors (Lipinski definition) is 0. The summed E-state index contributed by atoms with van der Waals surface area (Å²) in [5.41, 5.74) is 0.691. The lowest BCUT2D eigenvalue weighted by molar-refractivity contribution is 0.0174. The van der Waals surface area contributed by atoms with E-state index < -0.39 is 15.9 Å². The Kier molecular flexibility index (Phi) is 5.20. The molecule has 2 aromatic rings. The molecule has 0 N–H and O–H groups in total. The molecule has 2 aliphatic rings. The molecule has 0 amide bonds. The number of nitrogens with zero attached hydrogens (tertiary/aromatic N) is 3. The van der Waals surface area contributed by atoms with Gasteiger partial charge in [-0.05, 0) is 48.5 Å². The molecule has 0 aromatic heterocycles. The third-order valence-corrected chi connectivity index (χ3v) is 6.45. The lowest BCUT2D eigenvalue weighted by atomic mass is 9.89. The highest BCUT2D eigenvalue weighted by molar-refractivity contribution is 7.90. The van der Waals surface area contributed by atoms with Crippen molar-refractivity contribution in [1.29, 1.82) is 0 Å². The normalized spacial score (nSPS) is 20.1. The second kappa shape index (κ2) is 7.47. The average Bonchev–Trinajstić information content (AvgIpc) is 2.67. The molecule has 0 aliphatic carbocycles. The van der Waals surface area contributed by atoms with Gasteiger partial charge in [0.25, 0.3) is 15.9 Å². The summed E-state index contributed by atoms with van der Waals surface area (Å²) in [5, 5.41) is 0. The Labute approximate surface area is 181 Å². The van der Waals surface area contributed by atoms with Gasteiger partial charge in [0.15, 0.2) is 0 Å². The van der Waals surface area contributed by atoms with E-state index in [-0.39, 0.29) is 16.7 Å². The minimum Gasteiger partial charge on any atom is -0.457 e. The predicted molar refractivity (Wildman–Crippen MR) is 116 cm³/mol. The highest BCUT2D eigenvalue weighted by Crippen LogP contribution is 2.33. The van der Waals surface area contributed by atoms with Crippen LogP contribution in [0.15, 0.2) is 52.9 Å². The smallest absolute Gasteiger partial charge is 0.270 e. The molecule has 0 spiro atoms. The van der Waals surface area contributed by atoms with Crippen molar-refractivity contribution in [2.45, 2.75) is 26.7 Å². The van der Waals surface area contributed by atoms with Crippen LogP contribution in [-0.2, 0) is 15.9 Å². The van der Waals surface area contributed by atoms with Gasteiger partial charge in [-0.2, -0.15) is 0 Å². The van der Waals surface area contributed by atoms with Gasteiger partial charge in [-0.25, -0.2) is 17.2 Å². The van der Waals surface area contributed by atoms with Gasteiger partial charge in [-0.15, -0.1) is 4.40 Å². The molecular formula is C22H25F2N3O3S. The molecule has 0 atom stereocenters. The maximum absolute atomic E-state index is 13.4. The molecule has 1 fully saturated rings. The van der Waals surface area contributed by atoms with Gasteiger partial charge >= 0.3 is 0 Å². The van der Waals surface area contributed by atoms with Crippen molar-refractivity contribution < 1.29 is 21.9 Å². The van der Waals surface area contributed by atoms with Gasteiger partial charge < -0.3 is 14.5 Å². The number of guanidine groups is 1. The van der Waals surface area contributed by atoms with Crippen molar-refractivity contribution >= 4 is 21.7 Å². The van der Waals surface area contributed by atoms with Crippen LogP contribution in [0.1, 0.15) is 26.3 Å². The number of anilines is 1. The summed E-state index contributed by atoms with van der Waals surface area (Å²) in [5.74, 6) is -1.42. The van der Waals surface area contributed by atoms with Crippen LogP contribution in [0.25, 0.3) is 0 Å². The van der Waals surface area contributed by atoms with Crippen LogP contribution in [0.3, 0.4) is 0 Å². The molecule has 6 nitrogen and oxygen atoms in total. The Morgan fingerprint density at radius 2 is 1.58 bits per heavy atom. The monoisotopic (exact) mass is 449 g/mol. The van der Waals surface area contributed by atoms with E-state index in [1.165, 1.54) is 24.3 Å². The minimum atomic E-state index is -3.47. The van der Waals surface area contributed by atoms with E-state index in [1.54, 1.807) is 12.1 Å². The molecule has 0 unspecified atom stereocenters. The Hall–Kier alpha value is -2.68. The first-order valence-corrected chi connectivity index (χ1v) is 11.6. The minimum absolute atomic E-state index is 0.0238. The quantitative estimate of drug-likeness (QED) is 0.691. The topological polar surface area (TPSA) is 62.2 Å². The molecule has 0 radical (unpaired) electrons. The van der Waals surface area contributed by atoms with E-state index in [4.69, 9.17) is 4.74 Å². The largest absolute Gasteiger partial charge is 0.457 e. The second-order valence-corrected chi connectivity index (χ2v) is 10.6. The number of alkyl halides is 2. The van der Waals surface area contributed by atoms with Crippen LogP contribution >= 0.6 is 0 Å². The van der Waals surface area contributed by atoms with Crippen molar-refractivity contribution in [1.82, 2.24) is 4.90 Å². The first kappa shape index (κ1) is 21.5. The Bertz CT molecular complexity index is 1090. The molecule has 9 heteroatoms. The Balaban J connectivity index is 1.56.